The van der Waals surface area contributed by atoms with Crippen LogP contribution in [0.25, 0.3) is 0 Å². The van der Waals surface area contributed by atoms with Gasteiger partial charge in [0.05, 0.1) is 6.42 Å². The largest absolute Gasteiger partial charge is 0.338 e. The third-order valence-corrected chi connectivity index (χ3v) is 3.90. The van der Waals surface area contributed by atoms with Crippen LogP contribution in [0, 0.1) is 5.92 Å². The molecule has 0 aromatic rings. The molecule has 11 nitrogen and oxygen atoms in total. The van der Waals surface area contributed by atoms with Gasteiger partial charge in [0.15, 0.2) is 0 Å². The lowest BCUT2D eigenvalue weighted by atomic mass is 10.1. The number of amides is 6. The van der Waals surface area contributed by atoms with E-state index >= 15 is 0 Å². The molecule has 1 unspecified atom stereocenters. The minimum absolute atomic E-state index is 0.00751. The van der Waals surface area contributed by atoms with Crippen LogP contribution in [0.4, 0.5) is 4.79 Å². The van der Waals surface area contributed by atoms with E-state index in [0.717, 1.165) is 4.90 Å². The van der Waals surface area contributed by atoms with Crippen LogP contribution in [-0.4, -0.2) is 65.2 Å². The van der Waals surface area contributed by atoms with Crippen molar-refractivity contribution >= 4 is 35.6 Å². The Bertz CT molecular complexity index is 632. The Morgan fingerprint density at radius 2 is 1.65 bits per heavy atom. The number of nitrogens with one attached hydrogen (secondary N) is 2. The number of hydrogen-bond acceptors (Lipinski definition) is 7. The first-order chi connectivity index (χ1) is 12.3. The van der Waals surface area contributed by atoms with E-state index in [-0.39, 0.29) is 63.0 Å². The lowest BCUT2D eigenvalue weighted by Crippen LogP contribution is -2.42. The number of nitrogens with zero attached hydrogens (tertiary/aromatic N) is 2. The van der Waals surface area contributed by atoms with E-state index in [1.165, 1.54) is 0 Å². The van der Waals surface area contributed by atoms with Crippen LogP contribution < -0.4 is 10.6 Å². The van der Waals surface area contributed by atoms with E-state index in [2.05, 4.69) is 15.5 Å². The minimum atomic E-state index is -0.823. The van der Waals surface area contributed by atoms with Crippen LogP contribution in [0.2, 0.25) is 0 Å². The molecule has 1 atom stereocenters. The second-order valence-corrected chi connectivity index (χ2v) is 5.97. The van der Waals surface area contributed by atoms with Crippen molar-refractivity contribution in [3.63, 3.8) is 0 Å². The van der Waals surface area contributed by atoms with E-state index < -0.39 is 23.8 Å². The molecule has 0 saturated carbocycles. The molecule has 2 aliphatic rings. The summed E-state index contributed by atoms with van der Waals surface area (Å²) in [4.78, 5) is 74.7. The van der Waals surface area contributed by atoms with Gasteiger partial charge in [0.2, 0.25) is 11.8 Å². The molecule has 0 aromatic carbocycles. The number of hydroxylamine groups is 2. The molecule has 2 heterocycles. The third kappa shape index (κ3) is 4.77. The van der Waals surface area contributed by atoms with Crippen molar-refractivity contribution in [2.75, 3.05) is 19.6 Å². The van der Waals surface area contributed by atoms with Crippen molar-refractivity contribution in [3.05, 3.63) is 0 Å². The van der Waals surface area contributed by atoms with Crippen molar-refractivity contribution < 1.29 is 33.6 Å². The van der Waals surface area contributed by atoms with E-state index in [1.54, 1.807) is 6.92 Å². The zero-order chi connectivity index (χ0) is 19.3. The summed E-state index contributed by atoms with van der Waals surface area (Å²) in [5, 5.41) is 5.29. The minimum Gasteiger partial charge on any atom is -0.338 e. The predicted molar refractivity (Wildman–Crippen MR) is 83.7 cm³/mol. The lowest BCUT2D eigenvalue weighted by Gasteiger charge is -2.15. The maximum atomic E-state index is 11.7. The topological polar surface area (TPSA) is 142 Å². The Morgan fingerprint density at radius 3 is 2.23 bits per heavy atom. The van der Waals surface area contributed by atoms with Crippen LogP contribution in [0.3, 0.4) is 0 Å². The zero-order valence-electron chi connectivity index (χ0n) is 14.3. The Hall–Kier alpha value is -2.98. The molecule has 0 radical (unpaired) electrons. The molecule has 0 aromatic heterocycles. The molecule has 2 fully saturated rings. The summed E-state index contributed by atoms with van der Waals surface area (Å²) in [6.07, 6.45) is -0.0403. The molecule has 2 N–H and O–H groups in total. The van der Waals surface area contributed by atoms with E-state index in [1.807, 2.05) is 0 Å². The van der Waals surface area contributed by atoms with Gasteiger partial charge in [-0.2, -0.15) is 0 Å². The first kappa shape index (κ1) is 19.3. The van der Waals surface area contributed by atoms with Crippen molar-refractivity contribution in [2.24, 2.45) is 5.92 Å². The molecule has 0 spiro atoms. The quantitative estimate of drug-likeness (QED) is 0.531. The van der Waals surface area contributed by atoms with Crippen LogP contribution in [0.1, 0.15) is 32.6 Å². The van der Waals surface area contributed by atoms with Gasteiger partial charge in [-0.25, -0.2) is 9.59 Å². The smallest absolute Gasteiger partial charge is 0.334 e. The van der Waals surface area contributed by atoms with Crippen LogP contribution in [0.15, 0.2) is 0 Å². The molecule has 0 aliphatic carbocycles. The Balaban J connectivity index is 1.59. The maximum Gasteiger partial charge on any atom is 0.334 e. The maximum absolute atomic E-state index is 11.7. The number of urea groups is 1. The molecule has 0 bridgehead atoms. The summed E-state index contributed by atoms with van der Waals surface area (Å²) in [5.74, 6) is -2.83. The van der Waals surface area contributed by atoms with Crippen molar-refractivity contribution in [2.45, 2.75) is 32.6 Å². The lowest BCUT2D eigenvalue weighted by molar-refractivity contribution is -0.197. The molecular formula is C15H20N4O7. The molecule has 26 heavy (non-hydrogen) atoms. The highest BCUT2D eigenvalue weighted by molar-refractivity contribution is 6.03. The molecule has 11 heteroatoms. The van der Waals surface area contributed by atoms with Gasteiger partial charge >= 0.3 is 12.0 Å². The molecule has 6 amide bonds. The highest BCUT2D eigenvalue weighted by atomic mass is 16.7. The van der Waals surface area contributed by atoms with Gasteiger partial charge in [0.25, 0.3) is 11.8 Å². The van der Waals surface area contributed by atoms with Crippen molar-refractivity contribution in [1.29, 1.82) is 0 Å². The van der Waals surface area contributed by atoms with Gasteiger partial charge in [-0.3, -0.25) is 24.1 Å². The highest BCUT2D eigenvalue weighted by Gasteiger charge is 2.35. The second kappa shape index (κ2) is 8.41. The molecule has 142 valence electrons. The molecular weight excluding hydrogens is 348 g/mol. The van der Waals surface area contributed by atoms with Crippen LogP contribution in [0.5, 0.6) is 0 Å². The van der Waals surface area contributed by atoms with Gasteiger partial charge in [0, 0.05) is 44.8 Å². The summed E-state index contributed by atoms with van der Waals surface area (Å²) in [6, 6.07) is -0.585. The summed E-state index contributed by atoms with van der Waals surface area (Å²) in [7, 11) is 0. The number of carbonyl (C=O) groups excluding carboxylic acids is 6. The average Bonchev–Trinajstić information content (AvgIpc) is 3.01. The third-order valence-electron chi connectivity index (χ3n) is 3.90. The number of carbonyl (C=O) groups is 6. The van der Waals surface area contributed by atoms with E-state index in [9.17, 15) is 28.8 Å². The fourth-order valence-corrected chi connectivity index (χ4v) is 2.51. The molecule has 2 saturated heterocycles. The first-order valence-corrected chi connectivity index (χ1v) is 8.22. The van der Waals surface area contributed by atoms with Gasteiger partial charge in [-0.15, -0.1) is 5.06 Å². The number of imide groups is 2. The van der Waals surface area contributed by atoms with Gasteiger partial charge in [-0.1, -0.05) is 6.92 Å². The van der Waals surface area contributed by atoms with E-state index in [4.69, 9.17) is 0 Å². The number of likely N-dealkylation sites (tertiary alicyclic amines) is 1. The van der Waals surface area contributed by atoms with Crippen molar-refractivity contribution in [1.82, 2.24) is 20.6 Å². The summed E-state index contributed by atoms with van der Waals surface area (Å²) in [6.45, 7) is 1.76. The summed E-state index contributed by atoms with van der Waals surface area (Å²) >= 11 is 0. The van der Waals surface area contributed by atoms with Crippen molar-refractivity contribution in [3.8, 4) is 0 Å². The second-order valence-electron chi connectivity index (χ2n) is 5.97. The number of rotatable bonds is 7. The summed E-state index contributed by atoms with van der Waals surface area (Å²) in [5.41, 5.74) is 0. The summed E-state index contributed by atoms with van der Waals surface area (Å²) < 4.78 is 0. The Kier molecular flexibility index (Phi) is 6.26. The normalized spacial score (nSPS) is 20.0. The van der Waals surface area contributed by atoms with Gasteiger partial charge < -0.3 is 15.5 Å². The molecule has 2 aliphatic heterocycles. The van der Waals surface area contributed by atoms with Crippen LogP contribution >= 0.6 is 0 Å². The average molecular weight is 368 g/mol. The Morgan fingerprint density at radius 1 is 1.04 bits per heavy atom. The predicted octanol–water partition coefficient (Wildman–Crippen LogP) is -1.32. The molecule has 2 rings (SSSR count). The van der Waals surface area contributed by atoms with Crippen LogP contribution in [-0.2, 0) is 28.8 Å². The highest BCUT2D eigenvalue weighted by Crippen LogP contribution is 2.17. The first-order valence-electron chi connectivity index (χ1n) is 8.22. The fourth-order valence-electron chi connectivity index (χ4n) is 2.51. The van der Waals surface area contributed by atoms with Gasteiger partial charge in [0.1, 0.15) is 0 Å². The Labute approximate surface area is 148 Å². The van der Waals surface area contributed by atoms with E-state index in [0.29, 0.717) is 5.06 Å². The van der Waals surface area contributed by atoms with Gasteiger partial charge in [-0.05, 0) is 0 Å². The number of hydrogen-bond donors (Lipinski definition) is 2. The zero-order valence-corrected chi connectivity index (χ0v) is 14.3. The standard InChI is InChI=1S/C15H20N4O7/c1-9-8-12(22)18(14(9)24)7-6-17-15(25)16-5-4-13(23)26-19-10(20)2-3-11(19)21/h9H,2-8H2,1H3,(H2,16,17,25). The fraction of sp³-hybridized carbons (Fsp3) is 0.600. The monoisotopic (exact) mass is 368 g/mol. The SMILES string of the molecule is CC1CC(=O)N(CCNC(=O)NCCC(=O)ON2C(=O)CCC2=O)C1=O.